The molecular weight excluding hydrogens is 255 g/mol. The molecule has 112 valence electrons. The second-order valence-corrected chi connectivity index (χ2v) is 5.91. The van der Waals surface area contributed by atoms with Crippen molar-refractivity contribution in [2.24, 2.45) is 5.84 Å². The van der Waals surface area contributed by atoms with Crippen LogP contribution in [0.4, 0.5) is 4.39 Å². The Hall–Kier alpha value is -1.01. The average Bonchev–Trinajstić information content (AvgIpc) is 2.38. The number of nitrogens with two attached hydrogens (primary N) is 1. The lowest BCUT2D eigenvalue weighted by Crippen LogP contribution is -2.51. The Balaban J connectivity index is 2.11. The zero-order chi connectivity index (χ0) is 14.7. The van der Waals surface area contributed by atoms with Gasteiger partial charge in [-0.1, -0.05) is 6.07 Å². The van der Waals surface area contributed by atoms with Crippen molar-refractivity contribution < 1.29 is 4.39 Å². The Bertz CT molecular complexity index is 431. The third kappa shape index (κ3) is 3.76. The molecule has 3 N–H and O–H groups in total. The van der Waals surface area contributed by atoms with Crippen molar-refractivity contribution in [2.45, 2.75) is 25.4 Å². The van der Waals surface area contributed by atoms with Crippen molar-refractivity contribution >= 4 is 0 Å². The van der Waals surface area contributed by atoms with Crippen LogP contribution in [0, 0.1) is 12.7 Å². The van der Waals surface area contributed by atoms with E-state index in [1.54, 1.807) is 6.07 Å². The summed E-state index contributed by atoms with van der Waals surface area (Å²) < 4.78 is 13.6. The van der Waals surface area contributed by atoms with Crippen molar-refractivity contribution in [3.05, 3.63) is 35.1 Å². The SMILES string of the molecule is Cc1cc(F)cc(C(CC2CN(C)CCN2C)NN)c1. The van der Waals surface area contributed by atoms with Crippen molar-refractivity contribution in [2.75, 3.05) is 33.7 Å². The van der Waals surface area contributed by atoms with Gasteiger partial charge in [-0.3, -0.25) is 11.3 Å². The largest absolute Gasteiger partial charge is 0.304 e. The Morgan fingerprint density at radius 1 is 1.35 bits per heavy atom. The van der Waals surface area contributed by atoms with Crippen molar-refractivity contribution in [3.63, 3.8) is 0 Å². The zero-order valence-corrected chi connectivity index (χ0v) is 12.6. The summed E-state index contributed by atoms with van der Waals surface area (Å²) in [5, 5.41) is 0. The quantitative estimate of drug-likeness (QED) is 0.644. The molecule has 1 saturated heterocycles. The van der Waals surface area contributed by atoms with E-state index in [0.29, 0.717) is 6.04 Å². The maximum atomic E-state index is 13.6. The number of aryl methyl sites for hydroxylation is 1. The first-order valence-electron chi connectivity index (χ1n) is 7.11. The Morgan fingerprint density at radius 2 is 2.10 bits per heavy atom. The molecule has 0 spiro atoms. The van der Waals surface area contributed by atoms with E-state index in [4.69, 9.17) is 5.84 Å². The maximum absolute atomic E-state index is 13.6. The molecule has 1 fully saturated rings. The fourth-order valence-corrected chi connectivity index (χ4v) is 2.89. The van der Waals surface area contributed by atoms with Gasteiger partial charge in [-0.15, -0.1) is 0 Å². The van der Waals surface area contributed by atoms with Crippen LogP contribution in [0.25, 0.3) is 0 Å². The fourth-order valence-electron chi connectivity index (χ4n) is 2.89. The molecule has 0 bridgehead atoms. The van der Waals surface area contributed by atoms with Gasteiger partial charge in [-0.25, -0.2) is 4.39 Å². The van der Waals surface area contributed by atoms with E-state index in [9.17, 15) is 4.39 Å². The van der Waals surface area contributed by atoms with Crippen LogP contribution in [0.2, 0.25) is 0 Å². The maximum Gasteiger partial charge on any atom is 0.123 e. The zero-order valence-electron chi connectivity index (χ0n) is 12.6. The Labute approximate surface area is 120 Å². The molecule has 1 aromatic carbocycles. The van der Waals surface area contributed by atoms with E-state index >= 15 is 0 Å². The van der Waals surface area contributed by atoms with E-state index < -0.39 is 0 Å². The van der Waals surface area contributed by atoms with Gasteiger partial charge in [0.15, 0.2) is 0 Å². The predicted molar refractivity (Wildman–Crippen MR) is 79.7 cm³/mol. The van der Waals surface area contributed by atoms with Gasteiger partial charge in [0, 0.05) is 31.7 Å². The normalized spacial score (nSPS) is 22.9. The van der Waals surface area contributed by atoms with Crippen LogP contribution in [-0.2, 0) is 0 Å². The van der Waals surface area contributed by atoms with E-state index in [1.165, 1.54) is 6.07 Å². The lowest BCUT2D eigenvalue weighted by molar-refractivity contribution is 0.101. The molecule has 2 atom stereocenters. The second kappa shape index (κ2) is 6.63. The summed E-state index contributed by atoms with van der Waals surface area (Å²) in [6.07, 6.45) is 0.875. The Kier molecular flexibility index (Phi) is 5.10. The molecule has 0 radical (unpaired) electrons. The van der Waals surface area contributed by atoms with Crippen LogP contribution >= 0.6 is 0 Å². The molecule has 0 saturated carbocycles. The van der Waals surface area contributed by atoms with Crippen molar-refractivity contribution in [1.82, 2.24) is 15.2 Å². The van der Waals surface area contributed by atoms with Gasteiger partial charge in [-0.05, 0) is 50.7 Å². The summed E-state index contributed by atoms with van der Waals surface area (Å²) >= 11 is 0. The van der Waals surface area contributed by atoms with Crippen LogP contribution in [-0.4, -0.2) is 49.6 Å². The van der Waals surface area contributed by atoms with Crippen molar-refractivity contribution in [3.8, 4) is 0 Å². The summed E-state index contributed by atoms with van der Waals surface area (Å²) in [5.41, 5.74) is 4.69. The molecule has 0 aliphatic carbocycles. The number of nitrogens with one attached hydrogen (secondary N) is 1. The highest BCUT2D eigenvalue weighted by Crippen LogP contribution is 2.23. The molecule has 1 aromatic rings. The second-order valence-electron chi connectivity index (χ2n) is 5.91. The average molecular weight is 280 g/mol. The summed E-state index contributed by atoms with van der Waals surface area (Å²) in [4.78, 5) is 4.69. The minimum Gasteiger partial charge on any atom is -0.304 e. The third-order valence-corrected chi connectivity index (χ3v) is 4.16. The Morgan fingerprint density at radius 3 is 2.75 bits per heavy atom. The molecule has 20 heavy (non-hydrogen) atoms. The molecule has 1 aliphatic rings. The molecule has 5 heteroatoms. The number of benzene rings is 1. The smallest absolute Gasteiger partial charge is 0.123 e. The number of likely N-dealkylation sites (N-methyl/N-ethyl adjacent to an activating group) is 2. The predicted octanol–water partition coefficient (Wildman–Crippen LogP) is 1.27. The van der Waals surface area contributed by atoms with Crippen LogP contribution in [0.15, 0.2) is 18.2 Å². The third-order valence-electron chi connectivity index (χ3n) is 4.16. The van der Waals surface area contributed by atoms with E-state index in [0.717, 1.165) is 37.2 Å². The first-order chi connectivity index (χ1) is 9.49. The van der Waals surface area contributed by atoms with Gasteiger partial charge < -0.3 is 9.80 Å². The van der Waals surface area contributed by atoms with E-state index in [-0.39, 0.29) is 11.9 Å². The highest BCUT2D eigenvalue weighted by molar-refractivity contribution is 5.26. The monoisotopic (exact) mass is 280 g/mol. The molecule has 2 unspecified atom stereocenters. The van der Waals surface area contributed by atoms with Crippen LogP contribution in [0.1, 0.15) is 23.6 Å². The van der Waals surface area contributed by atoms with Gasteiger partial charge in [0.05, 0.1) is 0 Å². The first-order valence-corrected chi connectivity index (χ1v) is 7.11. The molecule has 0 aromatic heterocycles. The lowest BCUT2D eigenvalue weighted by Gasteiger charge is -2.39. The van der Waals surface area contributed by atoms with Crippen molar-refractivity contribution in [1.29, 1.82) is 0 Å². The molecule has 0 amide bonds. The molecule has 1 aliphatic heterocycles. The number of hydrogen-bond donors (Lipinski definition) is 2. The highest BCUT2D eigenvalue weighted by Gasteiger charge is 2.25. The fraction of sp³-hybridized carbons (Fsp3) is 0.600. The number of rotatable bonds is 4. The standard InChI is InChI=1S/C15H25FN4/c1-11-6-12(8-13(16)7-11)15(18-17)9-14-10-19(2)4-5-20(14)3/h6-8,14-15,18H,4-5,9-10,17H2,1-3H3. The summed E-state index contributed by atoms with van der Waals surface area (Å²) in [6.45, 7) is 5.07. The van der Waals surface area contributed by atoms with Crippen LogP contribution in [0.3, 0.4) is 0 Å². The van der Waals surface area contributed by atoms with Crippen LogP contribution < -0.4 is 11.3 Å². The number of hydrazine groups is 1. The van der Waals surface area contributed by atoms with Gasteiger partial charge in [-0.2, -0.15) is 0 Å². The minimum absolute atomic E-state index is 0.0247. The van der Waals surface area contributed by atoms with Gasteiger partial charge in [0.1, 0.15) is 5.82 Å². The molecule has 4 nitrogen and oxygen atoms in total. The number of hydrogen-bond acceptors (Lipinski definition) is 4. The number of halogens is 1. The number of piperazine rings is 1. The topological polar surface area (TPSA) is 44.5 Å². The summed E-state index contributed by atoms with van der Waals surface area (Å²) in [6, 6.07) is 5.52. The van der Waals surface area contributed by atoms with Crippen LogP contribution in [0.5, 0.6) is 0 Å². The highest BCUT2D eigenvalue weighted by atomic mass is 19.1. The van der Waals surface area contributed by atoms with Gasteiger partial charge >= 0.3 is 0 Å². The molecular formula is C15H25FN4. The number of nitrogens with zero attached hydrogens (tertiary/aromatic N) is 2. The van der Waals surface area contributed by atoms with E-state index in [1.807, 2.05) is 13.0 Å². The summed E-state index contributed by atoms with van der Waals surface area (Å²) in [5.74, 6) is 5.50. The first kappa shape index (κ1) is 15.4. The van der Waals surface area contributed by atoms with E-state index in [2.05, 4.69) is 29.3 Å². The molecule has 2 rings (SSSR count). The lowest BCUT2D eigenvalue weighted by atomic mass is 9.96. The molecule has 1 heterocycles. The van der Waals surface area contributed by atoms with Gasteiger partial charge in [0.2, 0.25) is 0 Å². The minimum atomic E-state index is -0.200. The van der Waals surface area contributed by atoms with Gasteiger partial charge in [0.25, 0.3) is 0 Å². The summed E-state index contributed by atoms with van der Waals surface area (Å²) in [7, 11) is 4.28.